The van der Waals surface area contributed by atoms with Crippen LogP contribution in [0.1, 0.15) is 44.3 Å². The summed E-state index contributed by atoms with van der Waals surface area (Å²) in [5, 5.41) is 3.64. The summed E-state index contributed by atoms with van der Waals surface area (Å²) >= 11 is 7.11. The summed E-state index contributed by atoms with van der Waals surface area (Å²) < 4.78 is 7.54. The highest BCUT2D eigenvalue weighted by atomic mass is 79.9. The predicted octanol–water partition coefficient (Wildman–Crippen LogP) is 4.46. The molecule has 20 heavy (non-hydrogen) atoms. The summed E-state index contributed by atoms with van der Waals surface area (Å²) in [5.74, 6) is 0.732. The Labute approximate surface area is 138 Å². The van der Waals surface area contributed by atoms with Crippen molar-refractivity contribution >= 4 is 31.9 Å². The predicted molar refractivity (Wildman–Crippen MR) is 88.8 cm³/mol. The lowest BCUT2D eigenvalue weighted by atomic mass is 9.91. The maximum atomic E-state index is 5.46. The van der Waals surface area contributed by atoms with Crippen LogP contribution in [-0.2, 0) is 4.74 Å². The van der Waals surface area contributed by atoms with Crippen molar-refractivity contribution in [3.05, 3.63) is 26.9 Å². The third-order valence-corrected chi connectivity index (χ3v) is 4.79. The van der Waals surface area contributed by atoms with E-state index in [9.17, 15) is 0 Å². The molecule has 1 unspecified atom stereocenters. The van der Waals surface area contributed by atoms with E-state index >= 15 is 0 Å². The molecule has 0 spiro atoms. The Bertz CT molecular complexity index is 422. The van der Waals surface area contributed by atoms with Gasteiger partial charge in [-0.3, -0.25) is 4.98 Å². The van der Waals surface area contributed by atoms with Gasteiger partial charge in [0.15, 0.2) is 0 Å². The van der Waals surface area contributed by atoms with E-state index in [1.54, 1.807) is 0 Å². The molecule has 0 bridgehead atoms. The second-order valence-electron chi connectivity index (χ2n) is 5.32. The molecule has 1 aliphatic rings. The van der Waals surface area contributed by atoms with Crippen LogP contribution < -0.4 is 5.32 Å². The molecule has 1 saturated heterocycles. The molecule has 0 aromatic carbocycles. The Balaban J connectivity index is 2.08. The second kappa shape index (κ2) is 8.47. The number of rotatable bonds is 6. The van der Waals surface area contributed by atoms with Crippen molar-refractivity contribution in [3.8, 4) is 0 Å². The Morgan fingerprint density at radius 2 is 2.15 bits per heavy atom. The van der Waals surface area contributed by atoms with Crippen LogP contribution in [0.15, 0.2) is 21.2 Å². The molecule has 1 fully saturated rings. The SMILES string of the molecule is CCCNC(CC1CCOCC1)c1ncc(Br)cc1Br. The molecule has 3 nitrogen and oxygen atoms in total. The van der Waals surface area contributed by atoms with E-state index in [0.29, 0.717) is 6.04 Å². The Morgan fingerprint density at radius 3 is 2.80 bits per heavy atom. The van der Waals surface area contributed by atoms with Crippen LogP contribution in [0.25, 0.3) is 0 Å². The maximum Gasteiger partial charge on any atom is 0.0715 e. The van der Waals surface area contributed by atoms with Crippen LogP contribution in [0.5, 0.6) is 0 Å². The number of hydrogen-bond donors (Lipinski definition) is 1. The summed E-state index contributed by atoms with van der Waals surface area (Å²) in [6, 6.07) is 2.40. The number of nitrogens with one attached hydrogen (secondary N) is 1. The molecule has 1 aromatic rings. The minimum atomic E-state index is 0.320. The molecular formula is C15H22Br2N2O. The average Bonchev–Trinajstić information content (AvgIpc) is 2.45. The maximum absolute atomic E-state index is 5.46. The minimum Gasteiger partial charge on any atom is -0.381 e. The largest absolute Gasteiger partial charge is 0.381 e. The van der Waals surface area contributed by atoms with Crippen molar-refractivity contribution in [2.45, 2.75) is 38.6 Å². The van der Waals surface area contributed by atoms with Gasteiger partial charge in [-0.25, -0.2) is 0 Å². The van der Waals surface area contributed by atoms with Gasteiger partial charge in [0.25, 0.3) is 0 Å². The number of hydrogen-bond acceptors (Lipinski definition) is 3. The number of nitrogens with zero attached hydrogens (tertiary/aromatic N) is 1. The quantitative estimate of drug-likeness (QED) is 0.758. The number of aromatic nitrogens is 1. The number of ether oxygens (including phenoxy) is 1. The molecular weight excluding hydrogens is 384 g/mol. The van der Waals surface area contributed by atoms with E-state index in [1.807, 2.05) is 6.20 Å². The minimum absolute atomic E-state index is 0.320. The highest BCUT2D eigenvalue weighted by Crippen LogP contribution is 2.31. The molecule has 1 N–H and O–H groups in total. The van der Waals surface area contributed by atoms with Gasteiger partial charge in [0.1, 0.15) is 0 Å². The van der Waals surface area contributed by atoms with Crippen LogP contribution in [-0.4, -0.2) is 24.7 Å². The van der Waals surface area contributed by atoms with Crippen molar-refractivity contribution in [1.29, 1.82) is 0 Å². The molecule has 0 radical (unpaired) electrons. The third-order valence-electron chi connectivity index (χ3n) is 3.72. The van der Waals surface area contributed by atoms with Gasteiger partial charge >= 0.3 is 0 Å². The van der Waals surface area contributed by atoms with Crippen LogP contribution in [0.2, 0.25) is 0 Å². The van der Waals surface area contributed by atoms with Crippen LogP contribution >= 0.6 is 31.9 Å². The van der Waals surface area contributed by atoms with Gasteiger partial charge < -0.3 is 10.1 Å². The number of halogens is 2. The van der Waals surface area contributed by atoms with Crippen LogP contribution in [0, 0.1) is 5.92 Å². The van der Waals surface area contributed by atoms with Crippen LogP contribution in [0.3, 0.4) is 0 Å². The summed E-state index contributed by atoms with van der Waals surface area (Å²) in [6.07, 6.45) is 6.48. The van der Waals surface area contributed by atoms with Crippen molar-refractivity contribution in [3.63, 3.8) is 0 Å². The van der Waals surface area contributed by atoms with Gasteiger partial charge in [0.05, 0.1) is 11.7 Å². The summed E-state index contributed by atoms with van der Waals surface area (Å²) in [6.45, 7) is 5.03. The van der Waals surface area contributed by atoms with Crippen molar-refractivity contribution < 1.29 is 4.74 Å². The molecule has 112 valence electrons. The van der Waals surface area contributed by atoms with Gasteiger partial charge in [0.2, 0.25) is 0 Å². The molecule has 2 heterocycles. The van der Waals surface area contributed by atoms with Crippen molar-refractivity contribution in [1.82, 2.24) is 10.3 Å². The van der Waals surface area contributed by atoms with Gasteiger partial charge in [-0.15, -0.1) is 0 Å². The molecule has 0 amide bonds. The molecule has 1 atom stereocenters. The average molecular weight is 406 g/mol. The molecule has 1 aromatic heterocycles. The molecule has 2 rings (SSSR count). The third kappa shape index (κ3) is 4.79. The van der Waals surface area contributed by atoms with E-state index in [-0.39, 0.29) is 0 Å². The summed E-state index contributed by atoms with van der Waals surface area (Å²) in [5.41, 5.74) is 1.12. The smallest absolute Gasteiger partial charge is 0.0715 e. The molecule has 0 aliphatic carbocycles. The highest BCUT2D eigenvalue weighted by molar-refractivity contribution is 9.11. The van der Waals surface area contributed by atoms with E-state index in [2.05, 4.69) is 55.2 Å². The lowest BCUT2D eigenvalue weighted by Gasteiger charge is -2.27. The Hall–Kier alpha value is 0.0300. The standard InChI is InChI=1S/C15H22Br2N2O/c1-2-5-18-14(8-11-3-6-20-7-4-11)15-13(17)9-12(16)10-19-15/h9-11,14,18H,2-8H2,1H3. The normalized spacial score (nSPS) is 18.1. The fraction of sp³-hybridized carbons (Fsp3) is 0.667. The highest BCUT2D eigenvalue weighted by Gasteiger charge is 2.22. The van der Waals surface area contributed by atoms with Gasteiger partial charge in [-0.05, 0) is 76.1 Å². The summed E-state index contributed by atoms with van der Waals surface area (Å²) in [7, 11) is 0. The zero-order chi connectivity index (χ0) is 14.4. The first-order valence-corrected chi connectivity index (χ1v) is 8.91. The number of pyridine rings is 1. The Kier molecular flexibility index (Phi) is 6.94. The van der Waals surface area contributed by atoms with Crippen molar-refractivity contribution in [2.75, 3.05) is 19.8 Å². The van der Waals surface area contributed by atoms with E-state index < -0.39 is 0 Å². The second-order valence-corrected chi connectivity index (χ2v) is 7.09. The summed E-state index contributed by atoms with van der Waals surface area (Å²) in [4.78, 5) is 4.61. The fourth-order valence-corrected chi connectivity index (χ4v) is 3.87. The van der Waals surface area contributed by atoms with Gasteiger partial charge in [0, 0.05) is 28.4 Å². The zero-order valence-electron chi connectivity index (χ0n) is 11.9. The lowest BCUT2D eigenvalue weighted by molar-refractivity contribution is 0.0603. The lowest BCUT2D eigenvalue weighted by Crippen LogP contribution is -2.28. The fourth-order valence-electron chi connectivity index (χ4n) is 2.61. The van der Waals surface area contributed by atoms with Crippen LogP contribution in [0.4, 0.5) is 0 Å². The van der Waals surface area contributed by atoms with Crippen molar-refractivity contribution in [2.24, 2.45) is 5.92 Å². The van der Waals surface area contributed by atoms with E-state index in [4.69, 9.17) is 4.74 Å². The zero-order valence-corrected chi connectivity index (χ0v) is 15.0. The monoisotopic (exact) mass is 404 g/mol. The first-order chi connectivity index (χ1) is 9.70. The first kappa shape index (κ1) is 16.4. The van der Waals surface area contributed by atoms with E-state index in [0.717, 1.165) is 53.2 Å². The molecule has 5 heteroatoms. The van der Waals surface area contributed by atoms with Gasteiger partial charge in [-0.2, -0.15) is 0 Å². The molecule has 0 saturated carbocycles. The van der Waals surface area contributed by atoms with E-state index in [1.165, 1.54) is 12.8 Å². The Morgan fingerprint density at radius 1 is 1.40 bits per heavy atom. The first-order valence-electron chi connectivity index (χ1n) is 7.32. The molecule has 1 aliphatic heterocycles. The van der Waals surface area contributed by atoms with Gasteiger partial charge in [-0.1, -0.05) is 6.92 Å². The topological polar surface area (TPSA) is 34.1 Å².